The summed E-state index contributed by atoms with van der Waals surface area (Å²) >= 11 is 0. The van der Waals surface area contributed by atoms with Gasteiger partial charge in [0.1, 0.15) is 11.8 Å². The van der Waals surface area contributed by atoms with Crippen LogP contribution in [-0.4, -0.2) is 30.6 Å². The normalized spacial score (nSPS) is 19.6. The van der Waals surface area contributed by atoms with Crippen molar-refractivity contribution >= 4 is 5.91 Å². The Balaban J connectivity index is 1.43. The van der Waals surface area contributed by atoms with Gasteiger partial charge < -0.3 is 10.1 Å². The molecule has 3 N–H and O–H groups in total. The smallest absolute Gasteiger partial charge is 0.238 e. The van der Waals surface area contributed by atoms with Crippen molar-refractivity contribution < 1.29 is 9.53 Å². The van der Waals surface area contributed by atoms with Crippen LogP contribution >= 0.6 is 0 Å². The van der Waals surface area contributed by atoms with Crippen molar-refractivity contribution in [3.05, 3.63) is 59.9 Å². The highest BCUT2D eigenvalue weighted by Gasteiger charge is 2.29. The molecule has 1 aromatic carbocycles. The highest BCUT2D eigenvalue weighted by Crippen LogP contribution is 2.25. The van der Waals surface area contributed by atoms with E-state index in [4.69, 9.17) is 4.74 Å². The Morgan fingerprint density at radius 1 is 1.28 bits per heavy atom. The van der Waals surface area contributed by atoms with Crippen molar-refractivity contribution in [2.75, 3.05) is 13.7 Å². The maximum Gasteiger partial charge on any atom is 0.238 e. The summed E-state index contributed by atoms with van der Waals surface area (Å²) in [5.74, 6) is 0.857. The maximum absolute atomic E-state index is 12.3. The van der Waals surface area contributed by atoms with Crippen LogP contribution in [0.3, 0.4) is 0 Å². The lowest BCUT2D eigenvalue weighted by molar-refractivity contribution is -0.122. The van der Waals surface area contributed by atoms with E-state index in [9.17, 15) is 4.79 Å². The number of nitrogens with zero attached hydrogens (tertiary/aromatic N) is 1. The molecule has 6 heteroatoms. The van der Waals surface area contributed by atoms with Crippen LogP contribution in [0.15, 0.2) is 48.8 Å². The lowest BCUT2D eigenvalue weighted by atomic mass is 10.0. The highest BCUT2D eigenvalue weighted by atomic mass is 16.5. The van der Waals surface area contributed by atoms with Gasteiger partial charge >= 0.3 is 0 Å². The summed E-state index contributed by atoms with van der Waals surface area (Å²) < 4.78 is 5.26. The first-order chi connectivity index (χ1) is 12.3. The van der Waals surface area contributed by atoms with Crippen molar-refractivity contribution in [2.24, 2.45) is 0 Å². The van der Waals surface area contributed by atoms with Gasteiger partial charge in [-0.15, -0.1) is 0 Å². The van der Waals surface area contributed by atoms with E-state index in [1.807, 2.05) is 36.4 Å². The second kappa shape index (κ2) is 8.60. The van der Waals surface area contributed by atoms with Crippen molar-refractivity contribution in [2.45, 2.75) is 31.3 Å². The number of carbonyl (C=O) groups excluding carboxylic acids is 1. The summed E-state index contributed by atoms with van der Waals surface area (Å²) in [6, 6.07) is 11.8. The number of aryl methyl sites for hydroxylation is 1. The van der Waals surface area contributed by atoms with E-state index < -0.39 is 0 Å². The van der Waals surface area contributed by atoms with Crippen LogP contribution in [0.1, 0.15) is 30.0 Å². The summed E-state index contributed by atoms with van der Waals surface area (Å²) in [6.07, 6.45) is 6.14. The average Bonchev–Trinajstić information content (AvgIpc) is 3.16. The van der Waals surface area contributed by atoms with Crippen LogP contribution in [-0.2, 0) is 11.2 Å². The van der Waals surface area contributed by atoms with Gasteiger partial charge in [-0.1, -0.05) is 12.1 Å². The van der Waals surface area contributed by atoms with Gasteiger partial charge in [-0.25, -0.2) is 10.9 Å². The van der Waals surface area contributed by atoms with Crippen LogP contribution in [0.2, 0.25) is 0 Å². The predicted octanol–water partition coefficient (Wildman–Crippen LogP) is 1.75. The molecule has 2 heterocycles. The zero-order valence-electron chi connectivity index (χ0n) is 14.4. The number of carbonyl (C=O) groups is 1. The number of methoxy groups -OCH3 is 1. The Kier molecular flexibility index (Phi) is 5.98. The number of aromatic nitrogens is 1. The van der Waals surface area contributed by atoms with Crippen molar-refractivity contribution in [3.8, 4) is 5.75 Å². The Hall–Kier alpha value is -2.44. The van der Waals surface area contributed by atoms with Crippen LogP contribution in [0.4, 0.5) is 0 Å². The molecule has 3 rings (SSSR count). The largest absolute Gasteiger partial charge is 0.497 e. The third-order valence-corrected chi connectivity index (χ3v) is 4.41. The van der Waals surface area contributed by atoms with Gasteiger partial charge in [-0.2, -0.15) is 0 Å². The minimum absolute atomic E-state index is 0.0348. The van der Waals surface area contributed by atoms with Crippen molar-refractivity contribution in [1.82, 2.24) is 21.2 Å². The van der Waals surface area contributed by atoms with Gasteiger partial charge in [0.15, 0.2) is 0 Å². The molecule has 1 aromatic heterocycles. The molecule has 2 aromatic rings. The molecule has 6 nitrogen and oxygen atoms in total. The number of nitrogens with one attached hydrogen (secondary N) is 3. The lowest BCUT2D eigenvalue weighted by Crippen LogP contribution is -2.43. The second-order valence-electron chi connectivity index (χ2n) is 6.16. The molecule has 2 atom stereocenters. The van der Waals surface area contributed by atoms with E-state index in [0.717, 1.165) is 24.2 Å². The molecular formula is C19H24N4O2. The third kappa shape index (κ3) is 4.78. The number of amides is 1. The van der Waals surface area contributed by atoms with Crippen LogP contribution in [0, 0.1) is 0 Å². The molecular weight excluding hydrogens is 316 g/mol. The Morgan fingerprint density at radius 3 is 2.92 bits per heavy atom. The molecule has 0 radical (unpaired) electrons. The summed E-state index contributed by atoms with van der Waals surface area (Å²) in [5.41, 5.74) is 8.64. The number of benzene rings is 1. The fourth-order valence-electron chi connectivity index (χ4n) is 2.98. The number of hydrogen-bond donors (Lipinski definition) is 3. The first-order valence-electron chi connectivity index (χ1n) is 8.58. The third-order valence-electron chi connectivity index (χ3n) is 4.41. The highest BCUT2D eigenvalue weighted by molar-refractivity contribution is 5.82. The number of rotatable bonds is 7. The van der Waals surface area contributed by atoms with Crippen LogP contribution in [0.5, 0.6) is 5.75 Å². The van der Waals surface area contributed by atoms with Gasteiger partial charge in [0.25, 0.3) is 0 Å². The van der Waals surface area contributed by atoms with Gasteiger partial charge in [-0.3, -0.25) is 9.78 Å². The minimum atomic E-state index is -0.225. The summed E-state index contributed by atoms with van der Waals surface area (Å²) in [7, 11) is 1.65. The van der Waals surface area contributed by atoms with Gasteiger partial charge in [-0.05, 0) is 54.7 Å². The molecule has 1 fully saturated rings. The van der Waals surface area contributed by atoms with Crippen LogP contribution < -0.4 is 20.9 Å². The minimum Gasteiger partial charge on any atom is -0.497 e. The number of ether oxygens (including phenoxy) is 1. The monoisotopic (exact) mass is 340 g/mol. The van der Waals surface area contributed by atoms with E-state index in [1.54, 1.807) is 19.5 Å². The summed E-state index contributed by atoms with van der Waals surface area (Å²) in [5, 5.41) is 3.01. The molecule has 0 saturated carbocycles. The Bertz CT molecular complexity index is 693. The standard InChI is InChI=1S/C19H24N4O2/c1-25-16-6-2-5-15(12-16)17-13-18(23-22-17)19(24)21-9-3-4-14-7-10-20-11-8-14/h2,5-8,10-12,17-18,22-23H,3-4,9,13H2,1H3,(H,21,24). The molecule has 1 aliphatic heterocycles. The molecule has 1 amide bonds. The topological polar surface area (TPSA) is 75.3 Å². The van der Waals surface area contributed by atoms with E-state index in [0.29, 0.717) is 13.0 Å². The van der Waals surface area contributed by atoms with E-state index >= 15 is 0 Å². The van der Waals surface area contributed by atoms with E-state index in [1.165, 1.54) is 5.56 Å². The molecule has 2 unspecified atom stereocenters. The second-order valence-corrected chi connectivity index (χ2v) is 6.16. The van der Waals surface area contributed by atoms with E-state index in [-0.39, 0.29) is 18.0 Å². The predicted molar refractivity (Wildman–Crippen MR) is 96.0 cm³/mol. The number of hydrazine groups is 1. The zero-order valence-corrected chi connectivity index (χ0v) is 14.4. The van der Waals surface area contributed by atoms with Gasteiger partial charge in [0.05, 0.1) is 7.11 Å². The number of hydrogen-bond acceptors (Lipinski definition) is 5. The Morgan fingerprint density at radius 2 is 2.12 bits per heavy atom. The molecule has 25 heavy (non-hydrogen) atoms. The van der Waals surface area contributed by atoms with Crippen LogP contribution in [0.25, 0.3) is 0 Å². The lowest BCUT2D eigenvalue weighted by Gasteiger charge is -2.11. The molecule has 0 spiro atoms. The molecule has 132 valence electrons. The summed E-state index contributed by atoms with van der Waals surface area (Å²) in [6.45, 7) is 0.670. The van der Waals surface area contributed by atoms with E-state index in [2.05, 4.69) is 21.2 Å². The Labute approximate surface area is 148 Å². The van der Waals surface area contributed by atoms with Crippen molar-refractivity contribution in [1.29, 1.82) is 0 Å². The molecule has 1 saturated heterocycles. The average molecular weight is 340 g/mol. The fourth-order valence-corrected chi connectivity index (χ4v) is 2.98. The molecule has 1 aliphatic rings. The molecule has 0 bridgehead atoms. The fraction of sp³-hybridized carbons (Fsp3) is 0.368. The first kappa shape index (κ1) is 17.4. The summed E-state index contributed by atoms with van der Waals surface area (Å²) in [4.78, 5) is 16.3. The maximum atomic E-state index is 12.3. The zero-order chi connectivity index (χ0) is 17.5. The van der Waals surface area contributed by atoms with Crippen molar-refractivity contribution in [3.63, 3.8) is 0 Å². The van der Waals surface area contributed by atoms with Gasteiger partial charge in [0.2, 0.25) is 5.91 Å². The molecule has 0 aliphatic carbocycles. The van der Waals surface area contributed by atoms with Gasteiger partial charge in [0, 0.05) is 25.0 Å². The first-order valence-corrected chi connectivity index (χ1v) is 8.58. The SMILES string of the molecule is COc1cccc(C2CC(C(=O)NCCCc3ccncc3)NN2)c1. The quantitative estimate of drug-likeness (QED) is 0.670. The number of pyridine rings is 1.